The molecule has 0 saturated carbocycles. The summed E-state index contributed by atoms with van der Waals surface area (Å²) in [6.07, 6.45) is 48.2. The molecule has 0 spiro atoms. The molecule has 1 unspecified atom stereocenters. The molecule has 0 bridgehead atoms. The molecular weight excluding hydrogens is 737 g/mol. The van der Waals surface area contributed by atoms with Gasteiger partial charge in [-0.25, -0.2) is 4.57 Å². The van der Waals surface area contributed by atoms with Crippen LogP contribution in [0.1, 0.15) is 162 Å². The maximum atomic E-state index is 12.7. The van der Waals surface area contributed by atoms with Crippen LogP contribution in [0, 0.1) is 0 Å². The normalized spacial score (nSPS) is 14.3. The van der Waals surface area contributed by atoms with Gasteiger partial charge >= 0.3 is 19.8 Å². The molecule has 0 fully saturated rings. The predicted molar refractivity (Wildman–Crippen MR) is 238 cm³/mol. The first-order valence-corrected chi connectivity index (χ1v) is 23.7. The highest BCUT2D eigenvalue weighted by molar-refractivity contribution is 7.47. The van der Waals surface area contributed by atoms with Gasteiger partial charge in [-0.1, -0.05) is 170 Å². The van der Waals surface area contributed by atoms with Gasteiger partial charge in [-0.15, -0.1) is 0 Å². The Morgan fingerprint density at radius 2 is 1.00 bits per heavy atom. The largest absolute Gasteiger partial charge is 0.472 e. The van der Waals surface area contributed by atoms with Crippen LogP contribution in [0.15, 0.2) is 72.9 Å². The molecule has 9 nitrogen and oxygen atoms in total. The second-order valence-corrected chi connectivity index (χ2v) is 17.2. The molecule has 0 aromatic carbocycles. The Hall–Kier alpha value is -2.55. The number of carbonyl (C=O) groups excluding carboxylic acids is 2. The SMILES string of the molecule is CC/C=C\C/C=C\C/C=C\C/C=C\C/C=C\C/C=C\CCC(=O)OC[C@H](COP(=O)(O)OCC[N+](C)(C)C)OC(=O)CCCCCCCCCCCCCCCC. The van der Waals surface area contributed by atoms with Crippen LogP contribution in [0.5, 0.6) is 0 Å². The van der Waals surface area contributed by atoms with Crippen molar-refractivity contribution in [2.45, 2.75) is 168 Å². The lowest BCUT2D eigenvalue weighted by Crippen LogP contribution is -2.37. The van der Waals surface area contributed by atoms with Crippen molar-refractivity contribution in [3.8, 4) is 0 Å². The second-order valence-electron chi connectivity index (χ2n) is 15.7. The number of rotatable bonds is 39. The highest BCUT2D eigenvalue weighted by atomic mass is 31.2. The van der Waals surface area contributed by atoms with Crippen LogP contribution in [0.25, 0.3) is 0 Å². The number of esters is 2. The van der Waals surface area contributed by atoms with Gasteiger partial charge in [0.05, 0.1) is 27.7 Å². The van der Waals surface area contributed by atoms with E-state index in [0.29, 0.717) is 23.9 Å². The van der Waals surface area contributed by atoms with E-state index in [0.717, 1.165) is 57.8 Å². The summed E-state index contributed by atoms with van der Waals surface area (Å²) >= 11 is 0. The van der Waals surface area contributed by atoms with Crippen LogP contribution < -0.4 is 0 Å². The van der Waals surface area contributed by atoms with Gasteiger partial charge in [0.1, 0.15) is 19.8 Å². The summed E-state index contributed by atoms with van der Waals surface area (Å²) in [5.74, 6) is -0.899. The summed E-state index contributed by atoms with van der Waals surface area (Å²) in [5.41, 5.74) is 0. The van der Waals surface area contributed by atoms with E-state index >= 15 is 0 Å². The Labute approximate surface area is 348 Å². The Bertz CT molecular complexity index is 1200. The molecule has 10 heteroatoms. The number of hydrogen-bond acceptors (Lipinski definition) is 7. The molecule has 0 aromatic rings. The number of hydrogen-bond donors (Lipinski definition) is 1. The van der Waals surface area contributed by atoms with Crippen LogP contribution in [0.4, 0.5) is 0 Å². The zero-order valence-corrected chi connectivity index (χ0v) is 37.7. The molecule has 0 amide bonds. The third kappa shape index (κ3) is 42.9. The summed E-state index contributed by atoms with van der Waals surface area (Å²) in [6.45, 7) is 4.21. The second kappa shape index (κ2) is 38.9. The zero-order valence-electron chi connectivity index (χ0n) is 36.8. The molecule has 57 heavy (non-hydrogen) atoms. The molecule has 0 aliphatic heterocycles. The third-order valence-electron chi connectivity index (χ3n) is 9.01. The molecule has 328 valence electrons. The van der Waals surface area contributed by atoms with Crippen LogP contribution in [-0.4, -0.2) is 74.9 Å². The number of quaternary nitrogens is 1. The summed E-state index contributed by atoms with van der Waals surface area (Å²) in [5, 5.41) is 0. The molecule has 0 radical (unpaired) electrons. The van der Waals surface area contributed by atoms with Gasteiger partial charge in [0.15, 0.2) is 6.10 Å². The zero-order chi connectivity index (χ0) is 42.1. The van der Waals surface area contributed by atoms with E-state index in [1.54, 1.807) is 0 Å². The quantitative estimate of drug-likeness (QED) is 0.0215. The van der Waals surface area contributed by atoms with E-state index in [4.69, 9.17) is 18.5 Å². The van der Waals surface area contributed by atoms with Gasteiger partial charge in [-0.2, -0.15) is 0 Å². The van der Waals surface area contributed by atoms with E-state index in [-0.39, 0.29) is 26.1 Å². The fraction of sp³-hybridized carbons (Fsp3) is 0.702. The molecule has 0 aromatic heterocycles. The van der Waals surface area contributed by atoms with Crippen LogP contribution >= 0.6 is 7.82 Å². The first-order chi connectivity index (χ1) is 27.5. The molecule has 0 saturated heterocycles. The van der Waals surface area contributed by atoms with Crippen molar-refractivity contribution < 1.29 is 42.1 Å². The average Bonchev–Trinajstić information content (AvgIpc) is 3.16. The molecule has 1 N–H and O–H groups in total. The first-order valence-electron chi connectivity index (χ1n) is 22.2. The topological polar surface area (TPSA) is 108 Å². The maximum Gasteiger partial charge on any atom is 0.472 e. The van der Waals surface area contributed by atoms with E-state index in [2.05, 4.69) is 74.6 Å². The van der Waals surface area contributed by atoms with Gasteiger partial charge < -0.3 is 18.9 Å². The van der Waals surface area contributed by atoms with Gasteiger partial charge in [-0.3, -0.25) is 18.6 Å². The van der Waals surface area contributed by atoms with Crippen molar-refractivity contribution >= 4 is 19.8 Å². The Morgan fingerprint density at radius 1 is 0.561 bits per heavy atom. The number of unbranched alkanes of at least 4 members (excludes halogenated alkanes) is 13. The molecule has 2 atom stereocenters. The number of ether oxygens (including phenoxy) is 2. The lowest BCUT2D eigenvalue weighted by atomic mass is 10.0. The summed E-state index contributed by atoms with van der Waals surface area (Å²) < 4.78 is 34.2. The van der Waals surface area contributed by atoms with Crippen LogP contribution in [-0.2, 0) is 32.7 Å². The Balaban J connectivity index is 4.48. The van der Waals surface area contributed by atoms with E-state index in [1.807, 2.05) is 33.3 Å². The number of phosphoric acid groups is 1. The van der Waals surface area contributed by atoms with Gasteiger partial charge in [0.2, 0.25) is 0 Å². The van der Waals surface area contributed by atoms with Gasteiger partial charge in [-0.05, 0) is 51.4 Å². The number of likely N-dealkylation sites (N-methyl/N-ethyl adjacent to an activating group) is 1. The Morgan fingerprint density at radius 3 is 1.46 bits per heavy atom. The van der Waals surface area contributed by atoms with E-state index in [1.165, 1.54) is 64.2 Å². The van der Waals surface area contributed by atoms with Crippen LogP contribution in [0.3, 0.4) is 0 Å². The van der Waals surface area contributed by atoms with Crippen molar-refractivity contribution in [3.05, 3.63) is 72.9 Å². The molecule has 0 heterocycles. The summed E-state index contributed by atoms with van der Waals surface area (Å²) in [7, 11) is 1.43. The molecule has 0 aliphatic carbocycles. The smallest absolute Gasteiger partial charge is 0.462 e. The number of carbonyl (C=O) groups is 2. The van der Waals surface area contributed by atoms with Crippen molar-refractivity contribution in [1.29, 1.82) is 0 Å². The third-order valence-corrected chi connectivity index (χ3v) is 10.00. The van der Waals surface area contributed by atoms with E-state index in [9.17, 15) is 19.0 Å². The molecule has 0 rings (SSSR count). The van der Waals surface area contributed by atoms with Crippen molar-refractivity contribution in [3.63, 3.8) is 0 Å². The standard InChI is InChI=1S/C47H82NO8P/c1-6-8-10-12-14-16-18-20-22-23-24-25-26-28-29-31-33-35-37-39-46(49)53-43-45(44-55-57(51,52)54-42-41-48(3,4)5)56-47(50)40-38-36-34-32-30-27-21-19-17-15-13-11-9-7-2/h8,10,14,16,20,22,24-25,28-29,33,35,45H,6-7,9,11-13,15,17-19,21,23,26-27,30-32,34,36-44H2,1-5H3/p+1/b10-8-,16-14-,22-20-,25-24-,29-28-,35-33-/t45-/m1/s1. The number of allylic oxidation sites excluding steroid dienone is 12. The Kier molecular flexibility index (Phi) is 37.2. The molecule has 0 aliphatic rings. The van der Waals surface area contributed by atoms with E-state index < -0.39 is 32.5 Å². The lowest BCUT2D eigenvalue weighted by Gasteiger charge is -2.24. The first kappa shape index (κ1) is 54.5. The maximum absolute atomic E-state index is 12.7. The highest BCUT2D eigenvalue weighted by Crippen LogP contribution is 2.43. The average molecular weight is 821 g/mol. The monoisotopic (exact) mass is 821 g/mol. The van der Waals surface area contributed by atoms with Gasteiger partial charge in [0, 0.05) is 12.8 Å². The minimum Gasteiger partial charge on any atom is -0.462 e. The predicted octanol–water partition coefficient (Wildman–Crippen LogP) is 12.6. The minimum absolute atomic E-state index is 0.0183. The minimum atomic E-state index is -4.39. The lowest BCUT2D eigenvalue weighted by molar-refractivity contribution is -0.870. The number of phosphoric ester groups is 1. The van der Waals surface area contributed by atoms with Crippen molar-refractivity contribution in [2.75, 3.05) is 47.5 Å². The summed E-state index contributed by atoms with van der Waals surface area (Å²) in [6, 6.07) is 0. The fourth-order valence-electron chi connectivity index (χ4n) is 5.57. The molecular formula is C47H83NO8P+. The van der Waals surface area contributed by atoms with Crippen molar-refractivity contribution in [2.24, 2.45) is 0 Å². The number of nitrogens with zero attached hydrogens (tertiary/aromatic N) is 1. The summed E-state index contributed by atoms with van der Waals surface area (Å²) in [4.78, 5) is 35.3. The van der Waals surface area contributed by atoms with Crippen LogP contribution in [0.2, 0.25) is 0 Å². The van der Waals surface area contributed by atoms with Gasteiger partial charge in [0.25, 0.3) is 0 Å². The van der Waals surface area contributed by atoms with Crippen molar-refractivity contribution in [1.82, 2.24) is 0 Å². The highest BCUT2D eigenvalue weighted by Gasteiger charge is 2.27. The fourth-order valence-corrected chi connectivity index (χ4v) is 6.31.